The fourth-order valence-corrected chi connectivity index (χ4v) is 4.70. The zero-order valence-electron chi connectivity index (χ0n) is 10.2. The minimum absolute atomic E-state index is 0.115. The summed E-state index contributed by atoms with van der Waals surface area (Å²) in [6.07, 6.45) is 3.15. The van der Waals surface area contributed by atoms with Crippen molar-refractivity contribution in [2.75, 3.05) is 6.16 Å². The SMILES string of the molecule is C=CCP1C(c2ccccc2)=C1c1ccccc1. The van der Waals surface area contributed by atoms with Gasteiger partial charge in [-0.05, 0) is 35.8 Å². The van der Waals surface area contributed by atoms with Crippen LogP contribution in [0.5, 0.6) is 0 Å². The first-order chi connectivity index (χ1) is 8.92. The maximum absolute atomic E-state index is 3.89. The monoisotopic (exact) mass is 250 g/mol. The molecular weight excluding hydrogens is 235 g/mol. The third kappa shape index (κ3) is 2.05. The zero-order valence-corrected chi connectivity index (χ0v) is 11.1. The smallest absolute Gasteiger partial charge is 0.00336 e. The van der Waals surface area contributed by atoms with E-state index in [9.17, 15) is 0 Å². The summed E-state index contributed by atoms with van der Waals surface area (Å²) in [5.41, 5.74) is 2.76. The van der Waals surface area contributed by atoms with E-state index in [1.807, 2.05) is 6.08 Å². The van der Waals surface area contributed by atoms with E-state index >= 15 is 0 Å². The maximum atomic E-state index is 3.89. The predicted molar refractivity (Wildman–Crippen MR) is 81.7 cm³/mol. The van der Waals surface area contributed by atoms with Crippen LogP contribution in [-0.2, 0) is 0 Å². The summed E-state index contributed by atoms with van der Waals surface area (Å²) in [5.74, 6) is 0. The van der Waals surface area contributed by atoms with Gasteiger partial charge < -0.3 is 0 Å². The Hall–Kier alpha value is -1.65. The van der Waals surface area contributed by atoms with Crippen LogP contribution in [0.2, 0.25) is 0 Å². The van der Waals surface area contributed by atoms with Crippen LogP contribution < -0.4 is 0 Å². The van der Waals surface area contributed by atoms with Crippen molar-refractivity contribution in [1.82, 2.24) is 0 Å². The van der Waals surface area contributed by atoms with Crippen LogP contribution in [0.25, 0.3) is 10.6 Å². The Morgan fingerprint density at radius 1 is 0.778 bits per heavy atom. The van der Waals surface area contributed by atoms with Crippen LogP contribution in [0.3, 0.4) is 0 Å². The first-order valence-corrected chi connectivity index (χ1v) is 7.68. The molecule has 88 valence electrons. The molecule has 0 unspecified atom stereocenters. The van der Waals surface area contributed by atoms with Crippen LogP contribution in [-0.4, -0.2) is 6.16 Å². The highest BCUT2D eigenvalue weighted by Gasteiger charge is 2.36. The van der Waals surface area contributed by atoms with Crippen molar-refractivity contribution in [3.8, 4) is 0 Å². The topological polar surface area (TPSA) is 0 Å². The zero-order chi connectivity index (χ0) is 12.4. The van der Waals surface area contributed by atoms with Gasteiger partial charge in [-0.2, -0.15) is 0 Å². The quantitative estimate of drug-likeness (QED) is 0.517. The molecule has 0 nitrogen and oxygen atoms in total. The molecule has 0 spiro atoms. The minimum atomic E-state index is -0.115. The lowest BCUT2D eigenvalue weighted by Gasteiger charge is -1.97. The molecule has 0 saturated heterocycles. The number of hydrogen-bond donors (Lipinski definition) is 0. The van der Waals surface area contributed by atoms with E-state index in [-0.39, 0.29) is 7.92 Å². The van der Waals surface area contributed by atoms with E-state index < -0.39 is 0 Å². The number of hydrogen-bond acceptors (Lipinski definition) is 0. The molecule has 0 amide bonds. The van der Waals surface area contributed by atoms with E-state index in [1.54, 1.807) is 10.6 Å². The molecule has 2 aromatic rings. The second-order valence-electron chi connectivity index (χ2n) is 4.33. The van der Waals surface area contributed by atoms with Crippen LogP contribution in [0.1, 0.15) is 11.1 Å². The predicted octanol–water partition coefficient (Wildman–Crippen LogP) is 5.19. The average Bonchev–Trinajstić information content (AvgIpc) is 3.15. The molecule has 0 bridgehead atoms. The van der Waals surface area contributed by atoms with Gasteiger partial charge in [-0.25, -0.2) is 0 Å². The van der Waals surface area contributed by atoms with E-state index in [4.69, 9.17) is 0 Å². The Morgan fingerprint density at radius 2 is 1.22 bits per heavy atom. The van der Waals surface area contributed by atoms with Crippen molar-refractivity contribution in [2.45, 2.75) is 0 Å². The summed E-state index contributed by atoms with van der Waals surface area (Å²) in [6.45, 7) is 3.89. The van der Waals surface area contributed by atoms with Gasteiger partial charge in [0.2, 0.25) is 0 Å². The molecule has 0 atom stereocenters. The molecule has 2 aromatic carbocycles. The van der Waals surface area contributed by atoms with E-state index in [0.717, 1.165) is 6.16 Å². The Morgan fingerprint density at radius 3 is 1.61 bits per heavy atom. The van der Waals surface area contributed by atoms with Crippen LogP contribution in [0.15, 0.2) is 73.3 Å². The molecule has 0 radical (unpaired) electrons. The Balaban J connectivity index is 2.00. The molecule has 1 heteroatoms. The lowest BCUT2D eigenvalue weighted by atomic mass is 10.1. The Kier molecular flexibility index (Phi) is 3.13. The molecule has 0 N–H and O–H groups in total. The summed E-state index contributed by atoms with van der Waals surface area (Å²) in [7, 11) is -0.115. The fourth-order valence-electron chi connectivity index (χ4n) is 2.29. The van der Waals surface area contributed by atoms with Gasteiger partial charge in [0.1, 0.15) is 0 Å². The normalized spacial score (nSPS) is 14.7. The first-order valence-electron chi connectivity index (χ1n) is 6.15. The van der Waals surface area contributed by atoms with Crippen molar-refractivity contribution in [3.63, 3.8) is 0 Å². The van der Waals surface area contributed by atoms with Crippen molar-refractivity contribution in [2.24, 2.45) is 0 Å². The Labute approximate surface area is 109 Å². The molecule has 0 saturated carbocycles. The molecule has 3 rings (SSSR count). The van der Waals surface area contributed by atoms with Gasteiger partial charge >= 0.3 is 0 Å². The molecule has 0 aromatic heterocycles. The molecule has 1 heterocycles. The van der Waals surface area contributed by atoms with Crippen molar-refractivity contribution >= 4 is 18.5 Å². The maximum Gasteiger partial charge on any atom is -0.00336 e. The minimum Gasteiger partial charge on any atom is -0.103 e. The van der Waals surface area contributed by atoms with Gasteiger partial charge in [0.25, 0.3) is 0 Å². The van der Waals surface area contributed by atoms with Crippen molar-refractivity contribution in [3.05, 3.63) is 84.4 Å². The highest BCUT2D eigenvalue weighted by Crippen LogP contribution is 2.78. The molecular formula is C17H15P. The first kappa shape index (κ1) is 11.4. The van der Waals surface area contributed by atoms with Crippen LogP contribution in [0.4, 0.5) is 0 Å². The Bertz CT molecular complexity index is 532. The molecule has 0 fully saturated rings. The fraction of sp³-hybridized carbons (Fsp3) is 0.0588. The average molecular weight is 250 g/mol. The number of allylic oxidation sites excluding steroid dienone is 1. The summed E-state index contributed by atoms with van der Waals surface area (Å²) in [5, 5.41) is 3.11. The van der Waals surface area contributed by atoms with Gasteiger partial charge in [-0.3, -0.25) is 0 Å². The van der Waals surface area contributed by atoms with E-state index in [1.165, 1.54) is 11.1 Å². The lowest BCUT2D eigenvalue weighted by Crippen LogP contribution is -1.70. The molecule has 18 heavy (non-hydrogen) atoms. The van der Waals surface area contributed by atoms with Crippen molar-refractivity contribution < 1.29 is 0 Å². The van der Waals surface area contributed by atoms with Gasteiger partial charge in [-0.1, -0.05) is 66.7 Å². The van der Waals surface area contributed by atoms with E-state index in [0.29, 0.717) is 0 Å². The van der Waals surface area contributed by atoms with Gasteiger partial charge in [0.05, 0.1) is 0 Å². The highest BCUT2D eigenvalue weighted by molar-refractivity contribution is 7.89. The largest absolute Gasteiger partial charge is 0.103 e. The standard InChI is InChI=1S/C17H15P/c1-2-13-18-16(14-9-5-3-6-10-14)17(18)15-11-7-4-8-12-15/h2-12H,1,13H2. The van der Waals surface area contributed by atoms with Crippen molar-refractivity contribution in [1.29, 1.82) is 0 Å². The third-order valence-electron chi connectivity index (χ3n) is 3.12. The highest BCUT2D eigenvalue weighted by atomic mass is 31.1. The second-order valence-corrected chi connectivity index (χ2v) is 6.44. The molecule has 0 aliphatic carbocycles. The van der Waals surface area contributed by atoms with E-state index in [2.05, 4.69) is 67.2 Å². The number of rotatable bonds is 4. The molecule has 1 aliphatic heterocycles. The second kappa shape index (κ2) is 4.92. The summed E-state index contributed by atoms with van der Waals surface area (Å²) in [6, 6.07) is 21.5. The summed E-state index contributed by atoms with van der Waals surface area (Å²) in [4.78, 5) is 0. The van der Waals surface area contributed by atoms with Gasteiger partial charge in [-0.15, -0.1) is 6.58 Å². The number of benzene rings is 2. The van der Waals surface area contributed by atoms with Gasteiger partial charge in [0.15, 0.2) is 0 Å². The van der Waals surface area contributed by atoms with Gasteiger partial charge in [0, 0.05) is 0 Å². The third-order valence-corrected chi connectivity index (χ3v) is 5.56. The summed E-state index contributed by atoms with van der Waals surface area (Å²) >= 11 is 0. The van der Waals surface area contributed by atoms with Crippen LogP contribution in [0, 0.1) is 0 Å². The summed E-state index contributed by atoms with van der Waals surface area (Å²) < 4.78 is 0. The molecule has 1 aliphatic rings. The lowest BCUT2D eigenvalue weighted by molar-refractivity contribution is 1.65. The van der Waals surface area contributed by atoms with Crippen LogP contribution >= 0.6 is 7.92 Å².